The second-order valence-corrected chi connectivity index (χ2v) is 4.40. The highest BCUT2D eigenvalue weighted by molar-refractivity contribution is 5.67. The van der Waals surface area contributed by atoms with Gasteiger partial charge in [0.05, 0.1) is 26.3 Å². The Kier molecular flexibility index (Phi) is 5.37. The van der Waals surface area contributed by atoms with Crippen molar-refractivity contribution >= 4 is 6.08 Å². The average Bonchev–Trinajstić information content (AvgIpc) is 2.42. The number of methoxy groups -OCH3 is 3. The van der Waals surface area contributed by atoms with Crippen LogP contribution in [0.3, 0.4) is 0 Å². The zero-order valence-electron chi connectivity index (χ0n) is 12.3. The molecule has 1 aromatic rings. The summed E-state index contributed by atoms with van der Waals surface area (Å²) in [4.78, 5) is 10.7. The van der Waals surface area contributed by atoms with E-state index in [-0.39, 0.29) is 16.5 Å². The molecular formula is C14H19NO5. The van der Waals surface area contributed by atoms with Crippen molar-refractivity contribution in [1.29, 1.82) is 0 Å². The van der Waals surface area contributed by atoms with Crippen molar-refractivity contribution < 1.29 is 19.1 Å². The molecule has 0 radical (unpaired) electrons. The molecule has 0 aliphatic rings. The molecular weight excluding hydrogens is 262 g/mol. The summed E-state index contributed by atoms with van der Waals surface area (Å²) in [6.07, 6.45) is 1.49. The fraction of sp³-hybridized carbons (Fsp3) is 0.429. The van der Waals surface area contributed by atoms with Crippen LogP contribution in [-0.4, -0.2) is 26.3 Å². The van der Waals surface area contributed by atoms with Crippen LogP contribution in [0.25, 0.3) is 6.08 Å². The zero-order valence-corrected chi connectivity index (χ0v) is 12.3. The van der Waals surface area contributed by atoms with Crippen LogP contribution in [0, 0.1) is 16.0 Å². The molecule has 0 saturated heterocycles. The molecule has 0 spiro atoms. The third-order valence-electron chi connectivity index (χ3n) is 2.84. The third-order valence-corrected chi connectivity index (χ3v) is 2.84. The first kappa shape index (κ1) is 15.8. The maximum absolute atomic E-state index is 11.1. The highest BCUT2D eigenvalue weighted by Crippen LogP contribution is 2.40. The van der Waals surface area contributed by atoms with E-state index in [1.54, 1.807) is 26.0 Å². The molecule has 0 heterocycles. The monoisotopic (exact) mass is 281 g/mol. The molecule has 0 unspecified atom stereocenters. The quantitative estimate of drug-likeness (QED) is 0.592. The van der Waals surface area contributed by atoms with E-state index in [4.69, 9.17) is 14.2 Å². The van der Waals surface area contributed by atoms with E-state index in [1.807, 2.05) is 0 Å². The van der Waals surface area contributed by atoms with Gasteiger partial charge in [0.15, 0.2) is 11.5 Å². The van der Waals surface area contributed by atoms with Gasteiger partial charge in [-0.25, -0.2) is 0 Å². The fourth-order valence-corrected chi connectivity index (χ4v) is 1.83. The van der Waals surface area contributed by atoms with Gasteiger partial charge >= 0.3 is 0 Å². The van der Waals surface area contributed by atoms with E-state index in [9.17, 15) is 10.1 Å². The van der Waals surface area contributed by atoms with Crippen molar-refractivity contribution in [3.63, 3.8) is 0 Å². The van der Waals surface area contributed by atoms with E-state index in [1.165, 1.54) is 27.4 Å². The topological polar surface area (TPSA) is 70.8 Å². The number of ether oxygens (including phenoxy) is 3. The molecule has 0 N–H and O–H groups in total. The predicted molar refractivity (Wildman–Crippen MR) is 75.9 cm³/mol. The maximum Gasteiger partial charge on any atom is 0.249 e. The minimum atomic E-state index is -0.388. The lowest BCUT2D eigenvalue weighted by Crippen LogP contribution is -2.06. The maximum atomic E-state index is 11.1. The second kappa shape index (κ2) is 6.79. The number of hydrogen-bond donors (Lipinski definition) is 0. The Morgan fingerprint density at radius 2 is 1.75 bits per heavy atom. The van der Waals surface area contributed by atoms with E-state index in [0.29, 0.717) is 22.8 Å². The highest BCUT2D eigenvalue weighted by atomic mass is 16.6. The Morgan fingerprint density at radius 1 is 1.15 bits per heavy atom. The molecule has 1 aromatic carbocycles. The van der Waals surface area contributed by atoms with Gasteiger partial charge in [0, 0.05) is 17.6 Å². The first-order chi connectivity index (χ1) is 9.46. The van der Waals surface area contributed by atoms with Crippen LogP contribution in [0.2, 0.25) is 0 Å². The molecule has 0 bridgehead atoms. The van der Waals surface area contributed by atoms with Crippen LogP contribution in [0.15, 0.2) is 17.8 Å². The Balaban J connectivity index is 3.45. The molecule has 0 amide bonds. The van der Waals surface area contributed by atoms with Crippen molar-refractivity contribution in [3.05, 3.63) is 33.5 Å². The van der Waals surface area contributed by atoms with Gasteiger partial charge in [-0.2, -0.15) is 0 Å². The van der Waals surface area contributed by atoms with Crippen LogP contribution in [0.4, 0.5) is 0 Å². The largest absolute Gasteiger partial charge is 0.493 e. The number of hydrogen-bond acceptors (Lipinski definition) is 5. The zero-order chi connectivity index (χ0) is 15.3. The summed E-state index contributed by atoms with van der Waals surface area (Å²) in [7, 11) is 4.49. The molecule has 20 heavy (non-hydrogen) atoms. The molecule has 0 aliphatic heterocycles. The van der Waals surface area contributed by atoms with Crippen molar-refractivity contribution in [2.45, 2.75) is 13.8 Å². The minimum absolute atomic E-state index is 0.107. The van der Waals surface area contributed by atoms with Crippen molar-refractivity contribution in [2.24, 2.45) is 5.92 Å². The summed E-state index contributed by atoms with van der Waals surface area (Å²) in [5.74, 6) is 1.12. The molecule has 0 fully saturated rings. The summed E-state index contributed by atoms with van der Waals surface area (Å²) in [6, 6.07) is 3.39. The van der Waals surface area contributed by atoms with Gasteiger partial charge in [0.25, 0.3) is 0 Å². The molecule has 6 heteroatoms. The third kappa shape index (κ3) is 3.20. The van der Waals surface area contributed by atoms with E-state index >= 15 is 0 Å². The number of rotatable bonds is 6. The Morgan fingerprint density at radius 3 is 2.15 bits per heavy atom. The summed E-state index contributed by atoms with van der Waals surface area (Å²) >= 11 is 0. The Hall–Kier alpha value is -2.24. The van der Waals surface area contributed by atoms with Gasteiger partial charge in [0.1, 0.15) is 0 Å². The lowest BCUT2D eigenvalue weighted by Gasteiger charge is -2.14. The molecule has 0 aliphatic carbocycles. The Bertz CT molecular complexity index is 523. The predicted octanol–water partition coefficient (Wildman–Crippen LogP) is 2.99. The summed E-state index contributed by atoms with van der Waals surface area (Å²) in [5.41, 5.74) is 0.682. The number of nitro groups is 1. The van der Waals surface area contributed by atoms with Crippen LogP contribution >= 0.6 is 0 Å². The summed E-state index contributed by atoms with van der Waals surface area (Å²) < 4.78 is 15.7. The van der Waals surface area contributed by atoms with Crippen molar-refractivity contribution in [2.75, 3.05) is 21.3 Å². The standard InChI is InChI=1S/C14H19NO5/c1-9(2)11(15(16)17)8-10-6-7-12(18-3)14(20-5)13(10)19-4/h6-9H,1-5H3/b11-8-. The van der Waals surface area contributed by atoms with Gasteiger partial charge < -0.3 is 14.2 Å². The van der Waals surface area contributed by atoms with Crippen molar-refractivity contribution in [1.82, 2.24) is 0 Å². The SMILES string of the molecule is COc1ccc(/C=C(/C(C)C)[N+](=O)[O-])c(OC)c1OC. The molecule has 1 rings (SSSR count). The average molecular weight is 281 g/mol. The fourth-order valence-electron chi connectivity index (χ4n) is 1.83. The molecule has 0 atom stereocenters. The highest BCUT2D eigenvalue weighted by Gasteiger charge is 2.20. The van der Waals surface area contributed by atoms with E-state index < -0.39 is 0 Å². The number of nitrogens with zero attached hydrogens (tertiary/aromatic N) is 1. The normalized spacial score (nSPS) is 11.4. The van der Waals surface area contributed by atoms with Crippen LogP contribution in [0.5, 0.6) is 17.2 Å². The lowest BCUT2D eigenvalue weighted by atomic mass is 10.1. The summed E-state index contributed by atoms with van der Waals surface area (Å²) in [6.45, 7) is 3.53. The minimum Gasteiger partial charge on any atom is -0.493 e. The van der Waals surface area contributed by atoms with Gasteiger partial charge in [-0.1, -0.05) is 13.8 Å². The Labute approximate surface area is 118 Å². The smallest absolute Gasteiger partial charge is 0.249 e. The molecule has 6 nitrogen and oxygen atoms in total. The van der Waals surface area contributed by atoms with Gasteiger partial charge in [-0.15, -0.1) is 0 Å². The number of benzene rings is 1. The molecule has 0 aromatic heterocycles. The first-order valence-corrected chi connectivity index (χ1v) is 6.11. The second-order valence-electron chi connectivity index (χ2n) is 4.40. The van der Waals surface area contributed by atoms with Crippen LogP contribution in [-0.2, 0) is 0 Å². The van der Waals surface area contributed by atoms with Gasteiger partial charge in [-0.05, 0) is 12.1 Å². The van der Waals surface area contributed by atoms with Crippen LogP contribution in [0.1, 0.15) is 19.4 Å². The van der Waals surface area contributed by atoms with E-state index in [2.05, 4.69) is 0 Å². The van der Waals surface area contributed by atoms with E-state index in [0.717, 1.165) is 0 Å². The van der Waals surface area contributed by atoms with Gasteiger partial charge in [0.2, 0.25) is 11.4 Å². The molecule has 110 valence electrons. The lowest BCUT2D eigenvalue weighted by molar-refractivity contribution is -0.431. The van der Waals surface area contributed by atoms with Gasteiger partial charge in [-0.3, -0.25) is 10.1 Å². The molecule has 0 saturated carbocycles. The first-order valence-electron chi connectivity index (χ1n) is 6.11. The number of allylic oxidation sites excluding steroid dienone is 1. The van der Waals surface area contributed by atoms with Crippen LogP contribution < -0.4 is 14.2 Å². The summed E-state index contributed by atoms with van der Waals surface area (Å²) in [5, 5.41) is 11.1. The van der Waals surface area contributed by atoms with Crippen molar-refractivity contribution in [3.8, 4) is 17.2 Å².